The predicted octanol–water partition coefficient (Wildman–Crippen LogP) is 3.01. The summed E-state index contributed by atoms with van der Waals surface area (Å²) in [5.74, 6) is -0.486. The SMILES string of the molecule is CCN(CC)C(=O)C1(NC(=O)C(C)C(N)c2ccccc2)CCCCC1. The van der Waals surface area contributed by atoms with Gasteiger partial charge in [-0.05, 0) is 32.3 Å². The minimum atomic E-state index is -0.772. The number of amides is 2. The van der Waals surface area contributed by atoms with Gasteiger partial charge in [0, 0.05) is 19.1 Å². The lowest BCUT2D eigenvalue weighted by Crippen LogP contribution is -2.61. The van der Waals surface area contributed by atoms with E-state index >= 15 is 0 Å². The molecule has 144 valence electrons. The van der Waals surface area contributed by atoms with Crippen molar-refractivity contribution in [2.45, 2.75) is 64.5 Å². The van der Waals surface area contributed by atoms with Crippen LogP contribution in [0.25, 0.3) is 0 Å². The molecule has 0 heterocycles. The van der Waals surface area contributed by atoms with Crippen LogP contribution in [0.3, 0.4) is 0 Å². The Morgan fingerprint density at radius 2 is 1.69 bits per heavy atom. The summed E-state index contributed by atoms with van der Waals surface area (Å²) >= 11 is 0. The van der Waals surface area contributed by atoms with E-state index in [-0.39, 0.29) is 17.9 Å². The van der Waals surface area contributed by atoms with E-state index in [2.05, 4.69) is 5.32 Å². The van der Waals surface area contributed by atoms with Gasteiger partial charge < -0.3 is 16.0 Å². The van der Waals surface area contributed by atoms with E-state index < -0.39 is 11.5 Å². The Kier molecular flexibility index (Phi) is 7.21. The highest BCUT2D eigenvalue weighted by Crippen LogP contribution is 2.31. The summed E-state index contributed by atoms with van der Waals surface area (Å²) in [6.07, 6.45) is 4.46. The molecule has 1 saturated carbocycles. The van der Waals surface area contributed by atoms with Crippen molar-refractivity contribution >= 4 is 11.8 Å². The van der Waals surface area contributed by atoms with E-state index in [0.29, 0.717) is 25.9 Å². The molecular formula is C21H33N3O2. The fraction of sp³-hybridized carbons (Fsp3) is 0.619. The maximum absolute atomic E-state index is 13.2. The first-order chi connectivity index (χ1) is 12.4. The average molecular weight is 360 g/mol. The third kappa shape index (κ3) is 4.44. The highest BCUT2D eigenvalue weighted by Gasteiger charge is 2.43. The van der Waals surface area contributed by atoms with Crippen molar-refractivity contribution in [3.63, 3.8) is 0 Å². The van der Waals surface area contributed by atoms with Gasteiger partial charge in [-0.15, -0.1) is 0 Å². The van der Waals surface area contributed by atoms with Gasteiger partial charge in [0.1, 0.15) is 5.54 Å². The van der Waals surface area contributed by atoms with Crippen molar-refractivity contribution in [2.24, 2.45) is 11.7 Å². The normalized spacial score (nSPS) is 18.6. The number of nitrogens with zero attached hydrogens (tertiary/aromatic N) is 1. The molecule has 0 radical (unpaired) electrons. The van der Waals surface area contributed by atoms with Crippen LogP contribution in [0.2, 0.25) is 0 Å². The fourth-order valence-corrected chi connectivity index (χ4v) is 3.84. The van der Waals surface area contributed by atoms with Crippen molar-refractivity contribution in [2.75, 3.05) is 13.1 Å². The number of nitrogens with two attached hydrogens (primary N) is 1. The third-order valence-corrected chi connectivity index (χ3v) is 5.67. The number of carbonyl (C=O) groups is 2. The molecule has 2 unspecified atom stereocenters. The van der Waals surface area contributed by atoms with E-state index in [9.17, 15) is 9.59 Å². The summed E-state index contributed by atoms with van der Waals surface area (Å²) in [6.45, 7) is 7.12. The maximum Gasteiger partial charge on any atom is 0.248 e. The van der Waals surface area contributed by atoms with E-state index in [1.807, 2.05) is 56.0 Å². The van der Waals surface area contributed by atoms with Crippen LogP contribution in [0.1, 0.15) is 64.5 Å². The van der Waals surface area contributed by atoms with Crippen molar-refractivity contribution in [3.8, 4) is 0 Å². The molecule has 1 aliphatic rings. The summed E-state index contributed by atoms with van der Waals surface area (Å²) in [7, 11) is 0. The molecule has 2 rings (SSSR count). The van der Waals surface area contributed by atoms with Gasteiger partial charge in [-0.3, -0.25) is 9.59 Å². The first kappa shape index (κ1) is 20.4. The molecule has 5 heteroatoms. The van der Waals surface area contributed by atoms with E-state index in [1.165, 1.54) is 0 Å². The highest BCUT2D eigenvalue weighted by atomic mass is 16.2. The average Bonchev–Trinajstić information content (AvgIpc) is 2.69. The van der Waals surface area contributed by atoms with Gasteiger partial charge in [0.25, 0.3) is 0 Å². The molecule has 0 aliphatic heterocycles. The molecule has 1 aromatic rings. The topological polar surface area (TPSA) is 75.4 Å². The molecule has 26 heavy (non-hydrogen) atoms. The van der Waals surface area contributed by atoms with Gasteiger partial charge in [-0.2, -0.15) is 0 Å². The molecule has 1 aromatic carbocycles. The van der Waals surface area contributed by atoms with Gasteiger partial charge in [0.15, 0.2) is 0 Å². The first-order valence-electron chi connectivity index (χ1n) is 9.87. The Morgan fingerprint density at radius 1 is 1.12 bits per heavy atom. The second-order valence-corrected chi connectivity index (χ2v) is 7.33. The number of hydrogen-bond donors (Lipinski definition) is 2. The zero-order chi connectivity index (χ0) is 19.2. The van der Waals surface area contributed by atoms with Crippen LogP contribution in [0.4, 0.5) is 0 Å². The van der Waals surface area contributed by atoms with E-state index in [4.69, 9.17) is 5.73 Å². The molecule has 3 N–H and O–H groups in total. The Bertz CT molecular complexity index is 593. The lowest BCUT2D eigenvalue weighted by molar-refractivity contribution is -0.144. The quantitative estimate of drug-likeness (QED) is 0.786. The molecule has 1 fully saturated rings. The lowest BCUT2D eigenvalue weighted by atomic mass is 9.79. The Morgan fingerprint density at radius 3 is 2.23 bits per heavy atom. The Hall–Kier alpha value is -1.88. The molecule has 0 bridgehead atoms. The van der Waals surface area contributed by atoms with Gasteiger partial charge >= 0.3 is 0 Å². The number of rotatable bonds is 7. The third-order valence-electron chi connectivity index (χ3n) is 5.67. The largest absolute Gasteiger partial charge is 0.341 e. The molecule has 1 aliphatic carbocycles. The Labute approximate surface area is 157 Å². The van der Waals surface area contributed by atoms with Crippen LogP contribution in [-0.2, 0) is 9.59 Å². The van der Waals surface area contributed by atoms with Crippen LogP contribution in [0, 0.1) is 5.92 Å². The summed E-state index contributed by atoms with van der Waals surface area (Å²) in [5, 5.41) is 3.12. The van der Waals surface area contributed by atoms with Gasteiger partial charge in [0.2, 0.25) is 11.8 Å². The number of carbonyl (C=O) groups excluding carboxylic acids is 2. The van der Waals surface area contributed by atoms with Crippen molar-refractivity contribution in [3.05, 3.63) is 35.9 Å². The first-order valence-corrected chi connectivity index (χ1v) is 9.87. The van der Waals surface area contributed by atoms with Crippen molar-refractivity contribution in [1.82, 2.24) is 10.2 Å². The highest BCUT2D eigenvalue weighted by molar-refractivity contribution is 5.92. The molecule has 2 amide bonds. The van der Waals surface area contributed by atoms with Crippen LogP contribution < -0.4 is 11.1 Å². The molecule has 5 nitrogen and oxygen atoms in total. The molecule has 0 saturated heterocycles. The summed E-state index contributed by atoms with van der Waals surface area (Å²) in [5.41, 5.74) is 6.48. The molecule has 0 aromatic heterocycles. The van der Waals surface area contributed by atoms with E-state index in [1.54, 1.807) is 0 Å². The predicted molar refractivity (Wildman–Crippen MR) is 104 cm³/mol. The number of hydrogen-bond acceptors (Lipinski definition) is 3. The van der Waals surface area contributed by atoms with Gasteiger partial charge in [0.05, 0.1) is 5.92 Å². The lowest BCUT2D eigenvalue weighted by Gasteiger charge is -2.40. The number of likely N-dealkylation sites (N-methyl/N-ethyl adjacent to an activating group) is 1. The van der Waals surface area contributed by atoms with Gasteiger partial charge in [-0.25, -0.2) is 0 Å². The van der Waals surface area contributed by atoms with E-state index in [0.717, 1.165) is 24.8 Å². The maximum atomic E-state index is 13.2. The fourth-order valence-electron chi connectivity index (χ4n) is 3.84. The van der Waals surface area contributed by atoms with Gasteiger partial charge in [-0.1, -0.05) is 56.5 Å². The standard InChI is InChI=1S/C21H33N3O2/c1-4-24(5-2)20(26)21(14-10-7-11-15-21)23-19(25)16(3)18(22)17-12-8-6-9-13-17/h6,8-9,12-13,16,18H,4-5,7,10-11,14-15,22H2,1-3H3,(H,23,25). The monoisotopic (exact) mass is 359 g/mol. The van der Waals surface area contributed by atoms with Crippen LogP contribution in [0.15, 0.2) is 30.3 Å². The van der Waals surface area contributed by atoms with Crippen LogP contribution in [-0.4, -0.2) is 35.3 Å². The minimum absolute atomic E-state index is 0.0519. The summed E-state index contributed by atoms with van der Waals surface area (Å²) in [4.78, 5) is 28.0. The zero-order valence-corrected chi connectivity index (χ0v) is 16.3. The van der Waals surface area contributed by atoms with Crippen molar-refractivity contribution in [1.29, 1.82) is 0 Å². The molecule has 2 atom stereocenters. The smallest absolute Gasteiger partial charge is 0.248 e. The molecule has 0 spiro atoms. The zero-order valence-electron chi connectivity index (χ0n) is 16.3. The molecular weight excluding hydrogens is 326 g/mol. The Balaban J connectivity index is 2.17. The number of nitrogens with one attached hydrogen (secondary N) is 1. The minimum Gasteiger partial charge on any atom is -0.341 e. The summed E-state index contributed by atoms with van der Waals surface area (Å²) < 4.78 is 0. The van der Waals surface area contributed by atoms with Crippen LogP contribution >= 0.6 is 0 Å². The number of benzene rings is 1. The van der Waals surface area contributed by atoms with Crippen molar-refractivity contribution < 1.29 is 9.59 Å². The second kappa shape index (κ2) is 9.17. The summed E-state index contributed by atoms with van der Waals surface area (Å²) in [6, 6.07) is 9.26. The second-order valence-electron chi connectivity index (χ2n) is 7.33. The van der Waals surface area contributed by atoms with Crippen LogP contribution in [0.5, 0.6) is 0 Å².